The normalized spacial score (nSPS) is 32.4. The minimum atomic E-state index is -0.581. The van der Waals surface area contributed by atoms with Crippen molar-refractivity contribution in [3.05, 3.63) is 35.9 Å². The van der Waals surface area contributed by atoms with E-state index in [1.807, 2.05) is 18.2 Å². The molecule has 1 heterocycles. The Labute approximate surface area is 104 Å². The van der Waals surface area contributed by atoms with Crippen molar-refractivity contribution in [2.45, 2.75) is 58.0 Å². The molecular weight excluding hydrogens is 212 g/mol. The second-order valence-corrected chi connectivity index (χ2v) is 5.47. The molecule has 0 bridgehead atoms. The molecule has 17 heavy (non-hydrogen) atoms. The van der Waals surface area contributed by atoms with Gasteiger partial charge in [0, 0.05) is 18.4 Å². The van der Waals surface area contributed by atoms with Gasteiger partial charge in [-0.25, -0.2) is 0 Å². The third kappa shape index (κ3) is 2.53. The van der Waals surface area contributed by atoms with Crippen LogP contribution in [0.5, 0.6) is 0 Å². The van der Waals surface area contributed by atoms with Crippen LogP contribution in [0.4, 0.5) is 0 Å². The molecule has 0 unspecified atom stereocenters. The summed E-state index contributed by atoms with van der Waals surface area (Å²) < 4.78 is 12.4. The summed E-state index contributed by atoms with van der Waals surface area (Å²) in [5, 5.41) is 0. The maximum atomic E-state index is 6.24. The number of ether oxygens (including phenoxy) is 2. The van der Waals surface area contributed by atoms with Crippen LogP contribution in [0.2, 0.25) is 0 Å². The van der Waals surface area contributed by atoms with Gasteiger partial charge in [0.1, 0.15) is 0 Å². The van der Waals surface area contributed by atoms with Gasteiger partial charge in [-0.05, 0) is 20.8 Å². The van der Waals surface area contributed by atoms with Crippen molar-refractivity contribution >= 4 is 0 Å². The number of hydrogen-bond acceptors (Lipinski definition) is 2. The van der Waals surface area contributed by atoms with Crippen molar-refractivity contribution in [3.63, 3.8) is 0 Å². The van der Waals surface area contributed by atoms with Gasteiger partial charge in [0.15, 0.2) is 5.79 Å². The molecule has 0 saturated carbocycles. The van der Waals surface area contributed by atoms with Crippen molar-refractivity contribution in [1.82, 2.24) is 0 Å². The van der Waals surface area contributed by atoms with Crippen LogP contribution in [0.15, 0.2) is 30.3 Å². The molecule has 1 saturated heterocycles. The largest absolute Gasteiger partial charge is 0.343 e. The minimum absolute atomic E-state index is 0.135. The quantitative estimate of drug-likeness (QED) is 0.773. The van der Waals surface area contributed by atoms with Crippen LogP contribution in [0.1, 0.15) is 46.1 Å². The summed E-state index contributed by atoms with van der Waals surface area (Å²) >= 11 is 0. The van der Waals surface area contributed by atoms with Crippen LogP contribution in [0.25, 0.3) is 0 Å². The van der Waals surface area contributed by atoms with Crippen molar-refractivity contribution in [1.29, 1.82) is 0 Å². The van der Waals surface area contributed by atoms with Gasteiger partial charge in [-0.15, -0.1) is 0 Å². The summed E-state index contributed by atoms with van der Waals surface area (Å²) in [7, 11) is 0. The third-order valence-electron chi connectivity index (χ3n) is 3.29. The highest BCUT2D eigenvalue weighted by atomic mass is 16.7. The molecule has 1 aromatic carbocycles. The minimum Gasteiger partial charge on any atom is -0.343 e. The van der Waals surface area contributed by atoms with E-state index in [-0.39, 0.29) is 11.7 Å². The summed E-state index contributed by atoms with van der Waals surface area (Å²) in [6, 6.07) is 10.2. The molecule has 0 aromatic heterocycles. The fourth-order valence-electron chi connectivity index (χ4n) is 2.75. The summed E-state index contributed by atoms with van der Waals surface area (Å²) in [6.45, 7) is 8.51. The molecule has 0 radical (unpaired) electrons. The molecule has 2 nitrogen and oxygen atoms in total. The topological polar surface area (TPSA) is 18.5 Å². The summed E-state index contributed by atoms with van der Waals surface area (Å²) in [5.41, 5.74) is 0.978. The van der Waals surface area contributed by atoms with Crippen LogP contribution in [-0.2, 0) is 15.3 Å². The molecule has 0 amide bonds. The fourth-order valence-corrected chi connectivity index (χ4v) is 2.75. The molecule has 1 aromatic rings. The number of rotatable bonds is 2. The lowest BCUT2D eigenvalue weighted by Crippen LogP contribution is -2.49. The SMILES string of the molecule is CC[C@@]1(c2ccccc2)O[C@@H](C)CC(C)(C)O1. The highest BCUT2D eigenvalue weighted by Crippen LogP contribution is 2.42. The molecule has 1 aliphatic rings. The predicted molar refractivity (Wildman–Crippen MR) is 68.7 cm³/mol. The zero-order valence-corrected chi connectivity index (χ0v) is 11.2. The fraction of sp³-hybridized carbons (Fsp3) is 0.600. The maximum Gasteiger partial charge on any atom is 0.195 e. The summed E-state index contributed by atoms with van der Waals surface area (Å²) in [5.74, 6) is -0.581. The van der Waals surface area contributed by atoms with Crippen molar-refractivity contribution < 1.29 is 9.47 Å². The average Bonchev–Trinajstić information content (AvgIpc) is 2.27. The number of hydrogen-bond donors (Lipinski definition) is 0. The Bertz CT molecular complexity index is 372. The Morgan fingerprint density at radius 1 is 1.24 bits per heavy atom. The molecule has 94 valence electrons. The second kappa shape index (κ2) is 4.43. The van der Waals surface area contributed by atoms with Crippen molar-refractivity contribution in [2.75, 3.05) is 0 Å². The Morgan fingerprint density at radius 2 is 1.88 bits per heavy atom. The lowest BCUT2D eigenvalue weighted by Gasteiger charge is -2.47. The highest BCUT2D eigenvalue weighted by molar-refractivity contribution is 5.21. The van der Waals surface area contributed by atoms with E-state index in [1.165, 1.54) is 0 Å². The van der Waals surface area contributed by atoms with Crippen LogP contribution < -0.4 is 0 Å². The van der Waals surface area contributed by atoms with Crippen LogP contribution in [0.3, 0.4) is 0 Å². The van der Waals surface area contributed by atoms with E-state index in [2.05, 4.69) is 39.8 Å². The first-order chi connectivity index (χ1) is 7.97. The van der Waals surface area contributed by atoms with E-state index in [9.17, 15) is 0 Å². The van der Waals surface area contributed by atoms with Gasteiger partial charge < -0.3 is 9.47 Å². The zero-order valence-electron chi connectivity index (χ0n) is 11.2. The molecule has 1 fully saturated rings. The van der Waals surface area contributed by atoms with Gasteiger partial charge in [0.05, 0.1) is 11.7 Å². The van der Waals surface area contributed by atoms with Gasteiger partial charge in [-0.1, -0.05) is 37.3 Å². The highest BCUT2D eigenvalue weighted by Gasteiger charge is 2.44. The average molecular weight is 234 g/mol. The standard InChI is InChI=1S/C15H22O2/c1-5-15(13-9-7-6-8-10-13)16-12(2)11-14(3,4)17-15/h6-10,12H,5,11H2,1-4H3/t12-,15+/m0/s1. The van der Waals surface area contributed by atoms with Gasteiger partial charge in [0.25, 0.3) is 0 Å². The molecule has 2 heteroatoms. The Balaban J connectivity index is 2.37. The molecule has 2 atom stereocenters. The summed E-state index contributed by atoms with van der Waals surface area (Å²) in [4.78, 5) is 0. The first-order valence-electron chi connectivity index (χ1n) is 6.41. The second-order valence-electron chi connectivity index (χ2n) is 5.47. The van der Waals surface area contributed by atoms with E-state index in [4.69, 9.17) is 9.47 Å². The lowest BCUT2D eigenvalue weighted by atomic mass is 9.94. The Hall–Kier alpha value is -0.860. The first kappa shape index (κ1) is 12.6. The van der Waals surface area contributed by atoms with E-state index in [1.54, 1.807) is 0 Å². The number of benzene rings is 1. The van der Waals surface area contributed by atoms with Crippen LogP contribution in [0, 0.1) is 0 Å². The van der Waals surface area contributed by atoms with Gasteiger partial charge in [-0.2, -0.15) is 0 Å². The van der Waals surface area contributed by atoms with Crippen LogP contribution >= 0.6 is 0 Å². The van der Waals surface area contributed by atoms with E-state index >= 15 is 0 Å². The van der Waals surface area contributed by atoms with Crippen molar-refractivity contribution in [2.24, 2.45) is 0 Å². The van der Waals surface area contributed by atoms with Crippen molar-refractivity contribution in [3.8, 4) is 0 Å². The maximum absolute atomic E-state index is 6.24. The van der Waals surface area contributed by atoms with Gasteiger partial charge in [0.2, 0.25) is 0 Å². The molecule has 1 aliphatic heterocycles. The van der Waals surface area contributed by atoms with E-state index < -0.39 is 5.79 Å². The predicted octanol–water partition coefficient (Wildman–Crippen LogP) is 3.85. The smallest absolute Gasteiger partial charge is 0.195 e. The van der Waals surface area contributed by atoms with Gasteiger partial charge in [-0.3, -0.25) is 0 Å². The van der Waals surface area contributed by atoms with E-state index in [0.29, 0.717) is 0 Å². The molecule has 0 aliphatic carbocycles. The molecule has 2 rings (SSSR count). The Kier molecular flexibility index (Phi) is 3.28. The Morgan fingerprint density at radius 3 is 2.41 bits per heavy atom. The molecular formula is C15H22O2. The van der Waals surface area contributed by atoms with Gasteiger partial charge >= 0.3 is 0 Å². The summed E-state index contributed by atoms with van der Waals surface area (Å²) in [6.07, 6.45) is 1.98. The zero-order chi connectivity index (χ0) is 12.5. The molecule has 0 spiro atoms. The third-order valence-corrected chi connectivity index (χ3v) is 3.29. The van der Waals surface area contributed by atoms with E-state index in [0.717, 1.165) is 18.4 Å². The lowest BCUT2D eigenvalue weighted by molar-refractivity contribution is -0.350. The monoisotopic (exact) mass is 234 g/mol. The molecule has 0 N–H and O–H groups in total. The first-order valence-corrected chi connectivity index (χ1v) is 6.41. The van der Waals surface area contributed by atoms with Crippen LogP contribution in [-0.4, -0.2) is 11.7 Å².